The molecule has 0 saturated carbocycles. The van der Waals surface area contributed by atoms with Crippen LogP contribution >= 0.6 is 12.4 Å². The summed E-state index contributed by atoms with van der Waals surface area (Å²) in [5.74, 6) is 0.490. The lowest BCUT2D eigenvalue weighted by Crippen LogP contribution is -2.34. The van der Waals surface area contributed by atoms with E-state index in [1.165, 1.54) is 0 Å². The second kappa shape index (κ2) is 5.40. The van der Waals surface area contributed by atoms with Crippen molar-refractivity contribution in [2.45, 2.75) is 24.3 Å². The van der Waals surface area contributed by atoms with Gasteiger partial charge in [-0.15, -0.1) is 12.4 Å². The Morgan fingerprint density at radius 1 is 1.32 bits per heavy atom. The van der Waals surface area contributed by atoms with Crippen LogP contribution in [0.25, 0.3) is 0 Å². The van der Waals surface area contributed by atoms with Crippen molar-refractivity contribution in [1.29, 1.82) is 0 Å². The monoisotopic (exact) mass is 302 g/mol. The molecule has 2 atom stereocenters. The predicted molar refractivity (Wildman–Crippen MR) is 77.1 cm³/mol. The fourth-order valence-corrected chi connectivity index (χ4v) is 4.56. The van der Waals surface area contributed by atoms with Crippen LogP contribution in [0.15, 0.2) is 29.2 Å². The van der Waals surface area contributed by atoms with E-state index >= 15 is 0 Å². The van der Waals surface area contributed by atoms with Gasteiger partial charge in [-0.25, -0.2) is 8.42 Å². The summed E-state index contributed by atoms with van der Waals surface area (Å²) < 4.78 is 26.7. The molecule has 0 spiro atoms. The molecule has 0 aromatic heterocycles. The van der Waals surface area contributed by atoms with E-state index in [9.17, 15) is 8.42 Å². The molecule has 0 unspecified atom stereocenters. The highest BCUT2D eigenvalue weighted by Crippen LogP contribution is 2.29. The molecule has 0 aliphatic carbocycles. The number of fused-ring (bicyclic) bond motifs is 1. The van der Waals surface area contributed by atoms with E-state index in [-0.39, 0.29) is 12.4 Å². The molecule has 1 aromatic carbocycles. The Balaban J connectivity index is 0.00000133. The summed E-state index contributed by atoms with van der Waals surface area (Å²) in [6, 6.07) is 7.50. The van der Waals surface area contributed by atoms with Gasteiger partial charge >= 0.3 is 0 Å². The van der Waals surface area contributed by atoms with E-state index in [1.54, 1.807) is 22.5 Å². The Hall–Kier alpha value is -0.620. The Morgan fingerprint density at radius 3 is 2.79 bits per heavy atom. The van der Waals surface area contributed by atoms with Crippen molar-refractivity contribution >= 4 is 22.4 Å². The number of hydrogen-bond donors (Lipinski definition) is 1. The highest BCUT2D eigenvalue weighted by molar-refractivity contribution is 7.89. The quantitative estimate of drug-likeness (QED) is 0.898. The first-order valence-corrected chi connectivity index (χ1v) is 7.81. The molecule has 0 bridgehead atoms. The average Bonchev–Trinajstić information content (AvgIpc) is 2.89. The third kappa shape index (κ3) is 2.65. The third-order valence-electron chi connectivity index (χ3n) is 3.96. The van der Waals surface area contributed by atoms with Gasteiger partial charge in [0, 0.05) is 19.1 Å². The van der Waals surface area contributed by atoms with Gasteiger partial charge in [0.1, 0.15) is 0 Å². The summed E-state index contributed by atoms with van der Waals surface area (Å²) in [6.45, 7) is 4.21. The van der Waals surface area contributed by atoms with Gasteiger partial charge in [-0.2, -0.15) is 4.31 Å². The summed E-state index contributed by atoms with van der Waals surface area (Å²) in [5.41, 5.74) is 0.980. The smallest absolute Gasteiger partial charge is 0.243 e. The molecule has 2 heterocycles. The van der Waals surface area contributed by atoms with Crippen molar-refractivity contribution in [2.75, 3.05) is 19.6 Å². The standard InChI is InChI=1S/C13H18N2O2S.ClH/c1-10-3-2-4-12(7-10)18(16,17)15-8-11-5-6-14-13(11)9-15;/h2-4,7,11,13-14H,5-6,8-9H2,1H3;1H/t11-,13+;/m0./s1. The van der Waals surface area contributed by atoms with Crippen LogP contribution in [0.5, 0.6) is 0 Å². The zero-order valence-corrected chi connectivity index (χ0v) is 12.5. The normalized spacial score (nSPS) is 27.0. The minimum absolute atomic E-state index is 0. The Kier molecular flexibility index (Phi) is 4.20. The van der Waals surface area contributed by atoms with E-state index in [1.807, 2.05) is 13.0 Å². The molecule has 4 nitrogen and oxygen atoms in total. The lowest BCUT2D eigenvalue weighted by atomic mass is 10.1. The molecule has 19 heavy (non-hydrogen) atoms. The van der Waals surface area contributed by atoms with Gasteiger partial charge in [-0.05, 0) is 43.5 Å². The van der Waals surface area contributed by atoms with E-state index in [0.717, 1.165) is 18.5 Å². The minimum Gasteiger partial charge on any atom is -0.312 e. The first-order chi connectivity index (χ1) is 8.57. The second-order valence-corrected chi connectivity index (χ2v) is 7.19. The summed E-state index contributed by atoms with van der Waals surface area (Å²) in [5, 5.41) is 3.38. The Morgan fingerprint density at radius 2 is 2.11 bits per heavy atom. The van der Waals surface area contributed by atoms with Gasteiger partial charge in [-0.1, -0.05) is 12.1 Å². The van der Waals surface area contributed by atoms with Gasteiger partial charge in [0.05, 0.1) is 4.90 Å². The largest absolute Gasteiger partial charge is 0.312 e. The molecule has 1 N–H and O–H groups in total. The Bertz CT molecular complexity index is 550. The highest BCUT2D eigenvalue weighted by Gasteiger charge is 2.41. The lowest BCUT2D eigenvalue weighted by Gasteiger charge is -2.17. The van der Waals surface area contributed by atoms with Crippen molar-refractivity contribution in [3.8, 4) is 0 Å². The molecule has 2 aliphatic heterocycles. The number of halogens is 1. The first kappa shape index (κ1) is 14.8. The summed E-state index contributed by atoms with van der Waals surface area (Å²) in [7, 11) is -3.31. The van der Waals surface area contributed by atoms with Crippen molar-refractivity contribution in [3.05, 3.63) is 29.8 Å². The molecule has 3 rings (SSSR count). The molecule has 2 aliphatic rings. The minimum atomic E-state index is -3.31. The zero-order valence-electron chi connectivity index (χ0n) is 10.9. The number of benzene rings is 1. The van der Waals surface area contributed by atoms with Gasteiger partial charge in [0.15, 0.2) is 0 Å². The molecule has 2 saturated heterocycles. The zero-order chi connectivity index (χ0) is 12.8. The van der Waals surface area contributed by atoms with E-state index < -0.39 is 10.0 Å². The number of nitrogens with one attached hydrogen (secondary N) is 1. The van der Waals surface area contributed by atoms with Crippen molar-refractivity contribution in [2.24, 2.45) is 5.92 Å². The fraction of sp³-hybridized carbons (Fsp3) is 0.538. The maximum absolute atomic E-state index is 12.5. The summed E-state index contributed by atoms with van der Waals surface area (Å²) in [4.78, 5) is 0.419. The lowest BCUT2D eigenvalue weighted by molar-refractivity contribution is 0.448. The highest BCUT2D eigenvalue weighted by atomic mass is 35.5. The van der Waals surface area contributed by atoms with E-state index in [2.05, 4.69) is 5.32 Å². The van der Waals surface area contributed by atoms with Gasteiger partial charge in [-0.3, -0.25) is 0 Å². The number of nitrogens with zero attached hydrogens (tertiary/aromatic N) is 1. The van der Waals surface area contributed by atoms with Crippen LogP contribution in [-0.4, -0.2) is 38.4 Å². The van der Waals surface area contributed by atoms with Gasteiger partial charge in [0.25, 0.3) is 0 Å². The van der Waals surface area contributed by atoms with Crippen molar-refractivity contribution in [3.63, 3.8) is 0 Å². The number of rotatable bonds is 2. The number of sulfonamides is 1. The SMILES string of the molecule is Cc1cccc(S(=O)(=O)N2C[C@@H]3CCN[C@@H]3C2)c1.Cl. The van der Waals surface area contributed by atoms with Crippen molar-refractivity contribution in [1.82, 2.24) is 9.62 Å². The van der Waals surface area contributed by atoms with Gasteiger partial charge < -0.3 is 5.32 Å². The van der Waals surface area contributed by atoms with Crippen LogP contribution in [0.1, 0.15) is 12.0 Å². The first-order valence-electron chi connectivity index (χ1n) is 6.37. The van der Waals surface area contributed by atoms with Crippen LogP contribution in [0, 0.1) is 12.8 Å². The molecule has 106 valence electrons. The topological polar surface area (TPSA) is 49.4 Å². The maximum Gasteiger partial charge on any atom is 0.243 e. The molecule has 6 heteroatoms. The predicted octanol–water partition coefficient (Wildman–Crippen LogP) is 1.40. The van der Waals surface area contributed by atoms with Crippen LogP contribution in [0.2, 0.25) is 0 Å². The number of hydrogen-bond acceptors (Lipinski definition) is 3. The van der Waals surface area contributed by atoms with Crippen molar-refractivity contribution < 1.29 is 8.42 Å². The van der Waals surface area contributed by atoms with Crippen LogP contribution in [-0.2, 0) is 10.0 Å². The fourth-order valence-electron chi connectivity index (χ4n) is 2.93. The van der Waals surface area contributed by atoms with E-state index in [4.69, 9.17) is 0 Å². The second-order valence-electron chi connectivity index (χ2n) is 5.25. The molecule has 0 radical (unpaired) electrons. The molecule has 0 amide bonds. The molecule has 1 aromatic rings. The van der Waals surface area contributed by atoms with Crippen LogP contribution in [0.3, 0.4) is 0 Å². The third-order valence-corrected chi connectivity index (χ3v) is 5.78. The molecular formula is C13H19ClN2O2S. The Labute approximate surface area is 120 Å². The number of aryl methyl sites for hydroxylation is 1. The van der Waals surface area contributed by atoms with Crippen LogP contribution in [0.4, 0.5) is 0 Å². The average molecular weight is 303 g/mol. The molecule has 2 fully saturated rings. The summed E-state index contributed by atoms with van der Waals surface area (Å²) >= 11 is 0. The maximum atomic E-state index is 12.5. The van der Waals surface area contributed by atoms with E-state index in [0.29, 0.717) is 29.9 Å². The van der Waals surface area contributed by atoms with Crippen LogP contribution < -0.4 is 5.32 Å². The van der Waals surface area contributed by atoms with Gasteiger partial charge in [0.2, 0.25) is 10.0 Å². The molecular weight excluding hydrogens is 284 g/mol. The summed E-state index contributed by atoms with van der Waals surface area (Å²) in [6.07, 6.45) is 1.09.